The number of hydrogen-bond acceptors (Lipinski definition) is 4. The molecule has 0 aliphatic heterocycles. The van der Waals surface area contributed by atoms with Crippen molar-refractivity contribution in [3.8, 4) is 0 Å². The molecule has 0 heterocycles. The molecule has 1 aliphatic rings. The van der Waals surface area contributed by atoms with Crippen LogP contribution in [0.2, 0.25) is 0 Å². The van der Waals surface area contributed by atoms with Gasteiger partial charge in [0.2, 0.25) is 0 Å². The van der Waals surface area contributed by atoms with Crippen LogP contribution < -0.4 is 5.32 Å². The van der Waals surface area contributed by atoms with Gasteiger partial charge in [-0.05, 0) is 25.7 Å². The van der Waals surface area contributed by atoms with Gasteiger partial charge < -0.3 is 20.3 Å². The van der Waals surface area contributed by atoms with Gasteiger partial charge in [0.05, 0.1) is 12.7 Å². The van der Waals surface area contributed by atoms with E-state index >= 15 is 0 Å². The Balaban J connectivity index is 2.18. The third-order valence-corrected chi connectivity index (χ3v) is 2.45. The van der Waals surface area contributed by atoms with E-state index in [1.807, 2.05) is 6.92 Å². The Morgan fingerprint density at radius 3 is 2.73 bits per heavy atom. The Hall–Kier alpha value is -0.650. The lowest BCUT2D eigenvalue weighted by Crippen LogP contribution is -2.43. The van der Waals surface area contributed by atoms with Crippen LogP contribution in [0.5, 0.6) is 0 Å². The van der Waals surface area contributed by atoms with Crippen molar-refractivity contribution < 1.29 is 19.7 Å². The number of aliphatic carboxylic acids is 1. The highest BCUT2D eigenvalue weighted by atomic mass is 16.5. The minimum Gasteiger partial charge on any atom is -0.480 e. The molecule has 88 valence electrons. The molecule has 0 aromatic carbocycles. The summed E-state index contributed by atoms with van der Waals surface area (Å²) in [6.45, 7) is 2.93. The van der Waals surface area contributed by atoms with Gasteiger partial charge in [-0.15, -0.1) is 0 Å². The molecule has 15 heavy (non-hydrogen) atoms. The number of carboxylic acid groups (broad SMARTS) is 1. The number of aliphatic hydroxyl groups is 1. The maximum Gasteiger partial charge on any atom is 0.320 e. The molecule has 5 heteroatoms. The summed E-state index contributed by atoms with van der Waals surface area (Å²) >= 11 is 0. The molecule has 3 N–H and O–H groups in total. The normalized spacial score (nSPS) is 19.9. The topological polar surface area (TPSA) is 78.8 Å². The Kier molecular flexibility index (Phi) is 5.01. The summed E-state index contributed by atoms with van der Waals surface area (Å²) in [5, 5.41) is 21.2. The first-order valence-corrected chi connectivity index (χ1v) is 5.37. The average molecular weight is 217 g/mol. The van der Waals surface area contributed by atoms with Crippen molar-refractivity contribution >= 4 is 5.97 Å². The van der Waals surface area contributed by atoms with E-state index in [2.05, 4.69) is 5.32 Å². The Morgan fingerprint density at radius 2 is 2.27 bits per heavy atom. The quantitative estimate of drug-likeness (QED) is 0.526. The first-order chi connectivity index (χ1) is 7.15. The SMILES string of the molecule is CCOCC(O)CNC(C(=O)O)C1CC1. The summed E-state index contributed by atoms with van der Waals surface area (Å²) < 4.78 is 5.03. The summed E-state index contributed by atoms with van der Waals surface area (Å²) in [4.78, 5) is 10.8. The van der Waals surface area contributed by atoms with Crippen LogP contribution in [-0.2, 0) is 9.53 Å². The smallest absolute Gasteiger partial charge is 0.320 e. The van der Waals surface area contributed by atoms with E-state index in [0.717, 1.165) is 12.8 Å². The molecular formula is C10H19NO4. The van der Waals surface area contributed by atoms with Crippen LogP contribution in [0.3, 0.4) is 0 Å². The van der Waals surface area contributed by atoms with Gasteiger partial charge in [-0.25, -0.2) is 0 Å². The Morgan fingerprint density at radius 1 is 1.60 bits per heavy atom. The van der Waals surface area contributed by atoms with Crippen molar-refractivity contribution in [2.24, 2.45) is 5.92 Å². The number of nitrogens with one attached hydrogen (secondary N) is 1. The first kappa shape index (κ1) is 12.4. The number of ether oxygens (including phenoxy) is 1. The van der Waals surface area contributed by atoms with Crippen molar-refractivity contribution in [3.63, 3.8) is 0 Å². The van der Waals surface area contributed by atoms with E-state index in [4.69, 9.17) is 9.84 Å². The fourth-order valence-electron chi connectivity index (χ4n) is 1.46. The van der Waals surface area contributed by atoms with Crippen molar-refractivity contribution in [3.05, 3.63) is 0 Å². The summed E-state index contributed by atoms with van der Waals surface area (Å²) in [5.41, 5.74) is 0. The number of carbonyl (C=O) groups is 1. The molecular weight excluding hydrogens is 198 g/mol. The maximum absolute atomic E-state index is 10.8. The van der Waals surface area contributed by atoms with Gasteiger partial charge in [0.25, 0.3) is 0 Å². The predicted molar refractivity (Wildman–Crippen MR) is 54.7 cm³/mol. The van der Waals surface area contributed by atoms with E-state index in [0.29, 0.717) is 6.61 Å². The second-order valence-corrected chi connectivity index (χ2v) is 3.87. The number of hydrogen-bond donors (Lipinski definition) is 3. The van der Waals surface area contributed by atoms with Crippen LogP contribution >= 0.6 is 0 Å². The fraction of sp³-hybridized carbons (Fsp3) is 0.900. The predicted octanol–water partition coefficient (Wildman–Crippen LogP) is -0.163. The van der Waals surface area contributed by atoms with Gasteiger partial charge in [0.1, 0.15) is 6.04 Å². The van der Waals surface area contributed by atoms with Crippen LogP contribution in [0, 0.1) is 5.92 Å². The molecule has 0 saturated heterocycles. The van der Waals surface area contributed by atoms with Crippen molar-refractivity contribution in [1.82, 2.24) is 5.32 Å². The van der Waals surface area contributed by atoms with Crippen LogP contribution in [0.15, 0.2) is 0 Å². The number of carboxylic acids is 1. The summed E-state index contributed by atoms with van der Waals surface area (Å²) in [5.74, 6) is -0.595. The molecule has 2 unspecified atom stereocenters. The zero-order valence-corrected chi connectivity index (χ0v) is 8.98. The van der Waals surface area contributed by atoms with Crippen LogP contribution in [0.4, 0.5) is 0 Å². The highest BCUT2D eigenvalue weighted by Gasteiger charge is 2.35. The maximum atomic E-state index is 10.8. The Bertz CT molecular complexity index is 206. The van der Waals surface area contributed by atoms with E-state index < -0.39 is 18.1 Å². The van der Waals surface area contributed by atoms with E-state index in [1.54, 1.807) is 0 Å². The second kappa shape index (κ2) is 6.05. The largest absolute Gasteiger partial charge is 0.480 e. The van der Waals surface area contributed by atoms with Crippen LogP contribution in [-0.4, -0.2) is 48.1 Å². The lowest BCUT2D eigenvalue weighted by molar-refractivity contribution is -0.140. The molecule has 0 aromatic heterocycles. The van der Waals surface area contributed by atoms with Gasteiger partial charge in [0, 0.05) is 13.2 Å². The van der Waals surface area contributed by atoms with Gasteiger partial charge in [0.15, 0.2) is 0 Å². The molecule has 0 spiro atoms. The minimum absolute atomic E-state index is 0.238. The van der Waals surface area contributed by atoms with Crippen molar-refractivity contribution in [2.75, 3.05) is 19.8 Å². The van der Waals surface area contributed by atoms with Gasteiger partial charge >= 0.3 is 5.97 Å². The third-order valence-electron chi connectivity index (χ3n) is 2.45. The minimum atomic E-state index is -0.832. The summed E-state index contributed by atoms with van der Waals surface area (Å²) in [7, 11) is 0. The molecule has 1 saturated carbocycles. The van der Waals surface area contributed by atoms with E-state index in [-0.39, 0.29) is 19.1 Å². The first-order valence-electron chi connectivity index (χ1n) is 5.37. The highest BCUT2D eigenvalue weighted by Crippen LogP contribution is 2.32. The molecule has 5 nitrogen and oxygen atoms in total. The van der Waals surface area contributed by atoms with Crippen LogP contribution in [0.1, 0.15) is 19.8 Å². The monoisotopic (exact) mass is 217 g/mol. The molecule has 2 atom stereocenters. The average Bonchev–Trinajstić information content (AvgIpc) is 2.98. The zero-order valence-electron chi connectivity index (χ0n) is 8.98. The standard InChI is InChI=1S/C10H19NO4/c1-2-15-6-8(12)5-11-9(10(13)14)7-3-4-7/h7-9,11-12H,2-6H2,1H3,(H,13,14). The lowest BCUT2D eigenvalue weighted by Gasteiger charge is -2.16. The third kappa shape index (κ3) is 4.59. The van der Waals surface area contributed by atoms with E-state index in [1.165, 1.54) is 0 Å². The molecule has 0 amide bonds. The fourth-order valence-corrected chi connectivity index (χ4v) is 1.46. The highest BCUT2D eigenvalue weighted by molar-refractivity contribution is 5.74. The molecule has 1 rings (SSSR count). The summed E-state index contributed by atoms with van der Waals surface area (Å²) in [6, 6.07) is -0.513. The molecule has 0 aromatic rings. The van der Waals surface area contributed by atoms with Crippen molar-refractivity contribution in [2.45, 2.75) is 31.9 Å². The number of rotatable bonds is 8. The van der Waals surface area contributed by atoms with Gasteiger partial charge in [-0.1, -0.05) is 0 Å². The molecule has 0 bridgehead atoms. The number of aliphatic hydroxyl groups excluding tert-OH is 1. The zero-order chi connectivity index (χ0) is 11.3. The van der Waals surface area contributed by atoms with Gasteiger partial charge in [-0.3, -0.25) is 4.79 Å². The molecule has 1 fully saturated rings. The molecule has 1 aliphatic carbocycles. The summed E-state index contributed by atoms with van der Waals surface area (Å²) in [6.07, 6.45) is 1.29. The second-order valence-electron chi connectivity index (χ2n) is 3.87. The van der Waals surface area contributed by atoms with Crippen LogP contribution in [0.25, 0.3) is 0 Å². The Labute approximate surface area is 89.4 Å². The van der Waals surface area contributed by atoms with Gasteiger partial charge in [-0.2, -0.15) is 0 Å². The molecule has 0 radical (unpaired) electrons. The van der Waals surface area contributed by atoms with E-state index in [9.17, 15) is 9.90 Å². The van der Waals surface area contributed by atoms with Crippen molar-refractivity contribution in [1.29, 1.82) is 0 Å². The lowest BCUT2D eigenvalue weighted by atomic mass is 10.2.